The Morgan fingerprint density at radius 3 is 2.37 bits per heavy atom. The van der Waals surface area contributed by atoms with Gasteiger partial charge in [-0.2, -0.15) is 5.10 Å². The summed E-state index contributed by atoms with van der Waals surface area (Å²) in [7, 11) is 1.95. The summed E-state index contributed by atoms with van der Waals surface area (Å²) in [6.45, 7) is 6.29. The Labute approximate surface area is 127 Å². The molecule has 0 aliphatic carbocycles. The number of aryl methyl sites for hydroxylation is 1. The van der Waals surface area contributed by atoms with E-state index in [0.717, 1.165) is 14.2 Å². The first-order valence-electron chi connectivity index (χ1n) is 6.09. The van der Waals surface area contributed by atoms with Gasteiger partial charge in [-0.1, -0.05) is 23.2 Å². The van der Waals surface area contributed by atoms with Crippen LogP contribution in [-0.2, 0) is 7.05 Å². The highest BCUT2D eigenvalue weighted by Crippen LogP contribution is 2.35. The number of hydrogen-bond donors (Lipinski definition) is 1. The lowest BCUT2D eigenvalue weighted by molar-refractivity contribution is 0.493. The molecule has 19 heavy (non-hydrogen) atoms. The summed E-state index contributed by atoms with van der Waals surface area (Å²) in [6.07, 6.45) is 1.90. The van der Waals surface area contributed by atoms with Crippen LogP contribution in [0.15, 0.2) is 12.3 Å². The molecule has 1 N–H and O–H groups in total. The maximum atomic E-state index is 6.18. The van der Waals surface area contributed by atoms with E-state index < -0.39 is 0 Å². The Morgan fingerprint density at radius 1 is 1.26 bits per heavy atom. The average Bonchev–Trinajstić information content (AvgIpc) is 2.83. The molecule has 2 unspecified atom stereocenters. The zero-order chi connectivity index (χ0) is 14.2. The van der Waals surface area contributed by atoms with Gasteiger partial charge in [0.2, 0.25) is 0 Å². The van der Waals surface area contributed by atoms with E-state index in [0.29, 0.717) is 0 Å². The van der Waals surface area contributed by atoms with Crippen molar-refractivity contribution in [2.24, 2.45) is 7.05 Å². The second kappa shape index (κ2) is 5.83. The third-order valence-electron chi connectivity index (χ3n) is 3.39. The van der Waals surface area contributed by atoms with Gasteiger partial charge >= 0.3 is 0 Å². The van der Waals surface area contributed by atoms with Crippen LogP contribution in [0.5, 0.6) is 0 Å². The number of nitrogens with one attached hydrogen (secondary N) is 1. The van der Waals surface area contributed by atoms with Crippen molar-refractivity contribution in [3.63, 3.8) is 0 Å². The lowest BCUT2D eigenvalue weighted by atomic mass is 10.1. The zero-order valence-electron chi connectivity index (χ0n) is 11.4. The fraction of sp³-hybridized carbons (Fsp3) is 0.462. The molecule has 0 aliphatic rings. The molecular formula is C13H17Cl2N3S. The minimum atomic E-state index is 0.144. The van der Waals surface area contributed by atoms with Crippen LogP contribution in [0, 0.1) is 6.92 Å². The van der Waals surface area contributed by atoms with E-state index in [9.17, 15) is 0 Å². The Morgan fingerprint density at radius 2 is 1.89 bits per heavy atom. The van der Waals surface area contributed by atoms with Crippen LogP contribution in [0.4, 0.5) is 0 Å². The summed E-state index contributed by atoms with van der Waals surface area (Å²) in [4.78, 5) is 0. The van der Waals surface area contributed by atoms with Crippen molar-refractivity contribution in [3.05, 3.63) is 37.8 Å². The summed E-state index contributed by atoms with van der Waals surface area (Å²) >= 11 is 13.6. The quantitative estimate of drug-likeness (QED) is 0.899. The molecule has 0 amide bonds. The average molecular weight is 318 g/mol. The smallest absolute Gasteiger partial charge is 0.0991 e. The van der Waals surface area contributed by atoms with Gasteiger partial charge in [0.25, 0.3) is 0 Å². The van der Waals surface area contributed by atoms with Gasteiger partial charge in [-0.25, -0.2) is 0 Å². The van der Waals surface area contributed by atoms with E-state index >= 15 is 0 Å². The molecule has 104 valence electrons. The van der Waals surface area contributed by atoms with Crippen LogP contribution in [0.1, 0.15) is 42.8 Å². The molecule has 2 heterocycles. The van der Waals surface area contributed by atoms with Crippen LogP contribution in [0.3, 0.4) is 0 Å². The topological polar surface area (TPSA) is 29.9 Å². The summed E-state index contributed by atoms with van der Waals surface area (Å²) in [5.41, 5.74) is 3.42. The summed E-state index contributed by atoms with van der Waals surface area (Å²) < 4.78 is 3.35. The van der Waals surface area contributed by atoms with Gasteiger partial charge in [-0.05, 0) is 32.4 Å². The Hall–Kier alpha value is -0.550. The van der Waals surface area contributed by atoms with E-state index in [1.807, 2.05) is 24.0 Å². The molecule has 2 rings (SSSR count). The van der Waals surface area contributed by atoms with Crippen LogP contribution >= 0.6 is 34.5 Å². The number of thiophene rings is 1. The third-order valence-corrected chi connectivity index (χ3v) is 4.91. The molecule has 3 nitrogen and oxygen atoms in total. The fourth-order valence-corrected chi connectivity index (χ4v) is 3.79. The molecule has 0 radical (unpaired) electrons. The SMILES string of the molecule is Cc1c(C(C)NC(C)c2cc(Cl)sc2Cl)cnn1C. The van der Waals surface area contributed by atoms with E-state index in [-0.39, 0.29) is 12.1 Å². The van der Waals surface area contributed by atoms with Crippen LogP contribution in [0.2, 0.25) is 8.67 Å². The molecule has 0 aromatic carbocycles. The summed E-state index contributed by atoms with van der Waals surface area (Å²) in [6, 6.07) is 2.28. The van der Waals surface area contributed by atoms with E-state index in [4.69, 9.17) is 23.2 Å². The van der Waals surface area contributed by atoms with Gasteiger partial charge in [0.15, 0.2) is 0 Å². The molecule has 0 fully saturated rings. The van der Waals surface area contributed by atoms with Crippen molar-refractivity contribution < 1.29 is 0 Å². The van der Waals surface area contributed by atoms with Gasteiger partial charge in [-0.3, -0.25) is 4.68 Å². The minimum Gasteiger partial charge on any atom is -0.303 e. The van der Waals surface area contributed by atoms with E-state index in [1.54, 1.807) is 0 Å². The first kappa shape index (κ1) is 14.9. The lowest BCUT2D eigenvalue weighted by Gasteiger charge is -2.19. The number of nitrogens with zero attached hydrogens (tertiary/aromatic N) is 2. The van der Waals surface area contributed by atoms with Crippen molar-refractivity contribution in [2.75, 3.05) is 0 Å². The van der Waals surface area contributed by atoms with Gasteiger partial charge in [-0.15, -0.1) is 11.3 Å². The molecule has 2 aromatic heterocycles. The van der Waals surface area contributed by atoms with Crippen molar-refractivity contribution >= 4 is 34.5 Å². The predicted octanol–water partition coefficient (Wildman–Crippen LogP) is 4.51. The van der Waals surface area contributed by atoms with Gasteiger partial charge in [0, 0.05) is 30.4 Å². The monoisotopic (exact) mass is 317 g/mol. The first-order chi connectivity index (χ1) is 8.90. The van der Waals surface area contributed by atoms with Crippen molar-refractivity contribution in [1.29, 1.82) is 0 Å². The van der Waals surface area contributed by atoms with Crippen LogP contribution in [-0.4, -0.2) is 9.78 Å². The second-order valence-electron chi connectivity index (χ2n) is 4.70. The van der Waals surface area contributed by atoms with E-state index in [1.165, 1.54) is 22.6 Å². The molecule has 2 aromatic rings. The maximum absolute atomic E-state index is 6.18. The van der Waals surface area contributed by atoms with Crippen molar-refractivity contribution in [1.82, 2.24) is 15.1 Å². The summed E-state index contributed by atoms with van der Waals surface area (Å²) in [5.74, 6) is 0. The molecule has 0 saturated heterocycles. The Kier molecular flexibility index (Phi) is 4.56. The standard InChI is InChI=1S/C13H17Cl2N3S/c1-7(10-5-12(14)19-13(10)15)17-8(2)11-6-16-18(4)9(11)3/h5-8,17H,1-4H3. The Balaban J connectivity index is 2.13. The highest BCUT2D eigenvalue weighted by atomic mass is 35.5. The normalized spacial score (nSPS) is 14.6. The molecule has 2 atom stereocenters. The van der Waals surface area contributed by atoms with E-state index in [2.05, 4.69) is 31.2 Å². The number of halogens is 2. The van der Waals surface area contributed by atoms with Crippen molar-refractivity contribution in [3.8, 4) is 0 Å². The second-order valence-corrected chi connectivity index (χ2v) is 6.98. The predicted molar refractivity (Wildman–Crippen MR) is 82.2 cm³/mol. The maximum Gasteiger partial charge on any atom is 0.0991 e. The number of rotatable bonds is 4. The highest BCUT2D eigenvalue weighted by Gasteiger charge is 2.18. The molecular weight excluding hydrogens is 301 g/mol. The largest absolute Gasteiger partial charge is 0.303 e. The van der Waals surface area contributed by atoms with Crippen LogP contribution < -0.4 is 5.32 Å². The van der Waals surface area contributed by atoms with Crippen molar-refractivity contribution in [2.45, 2.75) is 32.9 Å². The molecule has 0 spiro atoms. The fourth-order valence-electron chi connectivity index (χ4n) is 2.14. The van der Waals surface area contributed by atoms with Gasteiger partial charge < -0.3 is 5.32 Å². The Bertz CT molecular complexity index is 570. The van der Waals surface area contributed by atoms with Gasteiger partial charge in [0.1, 0.15) is 0 Å². The van der Waals surface area contributed by atoms with Crippen LogP contribution in [0.25, 0.3) is 0 Å². The number of hydrogen-bond acceptors (Lipinski definition) is 3. The zero-order valence-corrected chi connectivity index (χ0v) is 13.7. The molecule has 6 heteroatoms. The first-order valence-corrected chi connectivity index (χ1v) is 7.66. The molecule has 0 saturated carbocycles. The summed E-state index contributed by atoms with van der Waals surface area (Å²) in [5, 5.41) is 7.80. The minimum absolute atomic E-state index is 0.144. The molecule has 0 bridgehead atoms. The lowest BCUT2D eigenvalue weighted by Crippen LogP contribution is -2.22. The third kappa shape index (κ3) is 3.14. The van der Waals surface area contributed by atoms with Gasteiger partial charge in [0.05, 0.1) is 14.9 Å². The number of aromatic nitrogens is 2. The highest BCUT2D eigenvalue weighted by molar-refractivity contribution is 7.20. The molecule has 0 aliphatic heterocycles.